The maximum Gasteiger partial charge on any atom is 0.338 e. The Bertz CT molecular complexity index is 480. The van der Waals surface area contributed by atoms with Gasteiger partial charge in [-0.2, -0.15) is 0 Å². The minimum absolute atomic E-state index is 0.337. The Morgan fingerprint density at radius 3 is 2.94 bits per heavy atom. The van der Waals surface area contributed by atoms with Crippen LogP contribution in [0.25, 0.3) is 0 Å². The van der Waals surface area contributed by atoms with E-state index in [1.54, 1.807) is 29.2 Å². The summed E-state index contributed by atoms with van der Waals surface area (Å²) in [5, 5.41) is 7.56. The van der Waals surface area contributed by atoms with Crippen LogP contribution in [0, 0.1) is 0 Å². The third kappa shape index (κ3) is 2.08. The monoisotopic (exact) mass is 217 g/mol. The molecule has 1 heterocycles. The van der Waals surface area contributed by atoms with Gasteiger partial charge in [-0.15, -0.1) is 5.10 Å². The van der Waals surface area contributed by atoms with E-state index < -0.39 is 0 Å². The smallest absolute Gasteiger partial charge is 0.338 e. The van der Waals surface area contributed by atoms with Crippen molar-refractivity contribution in [3.05, 3.63) is 47.8 Å². The molecule has 0 saturated heterocycles. The van der Waals surface area contributed by atoms with Crippen LogP contribution in [0.2, 0.25) is 0 Å². The van der Waals surface area contributed by atoms with Gasteiger partial charge in [0.15, 0.2) is 0 Å². The quantitative estimate of drug-likeness (QED) is 0.723. The van der Waals surface area contributed by atoms with Crippen LogP contribution < -0.4 is 0 Å². The lowest BCUT2D eigenvalue weighted by Crippen LogP contribution is -2.09. The molecule has 0 saturated carbocycles. The molecule has 0 spiro atoms. The standard InChI is InChI=1S/C11H11N3O2/c1-16-11(15)10-5-3-2-4-9(10)8-14-7-6-12-13-14/h2-7H,8H2,1H3. The number of aromatic nitrogens is 3. The van der Waals surface area contributed by atoms with Gasteiger partial charge >= 0.3 is 5.97 Å². The first-order valence-electron chi connectivity index (χ1n) is 4.81. The van der Waals surface area contributed by atoms with E-state index in [9.17, 15) is 4.79 Å². The van der Waals surface area contributed by atoms with Gasteiger partial charge in [0.2, 0.25) is 0 Å². The van der Waals surface area contributed by atoms with Crippen LogP contribution in [0.1, 0.15) is 15.9 Å². The Balaban J connectivity index is 2.30. The van der Waals surface area contributed by atoms with Crippen molar-refractivity contribution in [3.63, 3.8) is 0 Å². The molecule has 0 amide bonds. The normalized spacial score (nSPS) is 10.1. The summed E-state index contributed by atoms with van der Waals surface area (Å²) < 4.78 is 6.37. The largest absolute Gasteiger partial charge is 0.465 e. The molecule has 0 atom stereocenters. The fourth-order valence-electron chi connectivity index (χ4n) is 1.46. The maximum absolute atomic E-state index is 11.5. The zero-order valence-electron chi connectivity index (χ0n) is 8.83. The number of ether oxygens (including phenoxy) is 1. The Morgan fingerprint density at radius 2 is 2.25 bits per heavy atom. The Kier molecular flexibility index (Phi) is 2.95. The van der Waals surface area contributed by atoms with Gasteiger partial charge in [-0.1, -0.05) is 23.4 Å². The predicted octanol–water partition coefficient (Wildman–Crippen LogP) is 1.11. The SMILES string of the molecule is COC(=O)c1ccccc1Cn1ccnn1. The number of methoxy groups -OCH3 is 1. The van der Waals surface area contributed by atoms with Crippen molar-refractivity contribution in [2.24, 2.45) is 0 Å². The van der Waals surface area contributed by atoms with E-state index in [1.807, 2.05) is 12.1 Å². The van der Waals surface area contributed by atoms with Crippen molar-refractivity contribution in [3.8, 4) is 0 Å². The van der Waals surface area contributed by atoms with Crippen molar-refractivity contribution < 1.29 is 9.53 Å². The van der Waals surface area contributed by atoms with Crippen molar-refractivity contribution in [1.82, 2.24) is 15.0 Å². The van der Waals surface area contributed by atoms with Crippen molar-refractivity contribution >= 4 is 5.97 Å². The van der Waals surface area contributed by atoms with E-state index in [2.05, 4.69) is 10.3 Å². The van der Waals surface area contributed by atoms with Gasteiger partial charge in [0.05, 0.1) is 25.4 Å². The number of carbonyl (C=O) groups is 1. The minimum atomic E-state index is -0.337. The van der Waals surface area contributed by atoms with Crippen molar-refractivity contribution in [2.45, 2.75) is 6.54 Å². The second kappa shape index (κ2) is 4.57. The molecule has 5 nitrogen and oxygen atoms in total. The molecule has 2 aromatic rings. The lowest BCUT2D eigenvalue weighted by atomic mass is 10.1. The fourth-order valence-corrected chi connectivity index (χ4v) is 1.46. The van der Waals surface area contributed by atoms with E-state index >= 15 is 0 Å². The first kappa shape index (κ1) is 10.4. The highest BCUT2D eigenvalue weighted by Crippen LogP contribution is 2.11. The zero-order chi connectivity index (χ0) is 11.4. The highest BCUT2D eigenvalue weighted by Gasteiger charge is 2.10. The van der Waals surface area contributed by atoms with Gasteiger partial charge in [0.1, 0.15) is 0 Å². The van der Waals surface area contributed by atoms with Gasteiger partial charge in [-0.3, -0.25) is 0 Å². The average molecular weight is 217 g/mol. The van der Waals surface area contributed by atoms with Gasteiger partial charge in [-0.25, -0.2) is 9.48 Å². The fraction of sp³-hybridized carbons (Fsp3) is 0.182. The number of rotatable bonds is 3. The van der Waals surface area contributed by atoms with Crippen LogP contribution in [0.15, 0.2) is 36.7 Å². The average Bonchev–Trinajstić information content (AvgIpc) is 2.82. The molecule has 0 N–H and O–H groups in total. The molecule has 82 valence electrons. The number of nitrogens with zero attached hydrogens (tertiary/aromatic N) is 3. The second-order valence-electron chi connectivity index (χ2n) is 3.25. The van der Waals surface area contributed by atoms with E-state index in [0.29, 0.717) is 12.1 Å². The molecule has 1 aromatic carbocycles. The summed E-state index contributed by atoms with van der Waals surface area (Å²) in [5.41, 5.74) is 1.42. The summed E-state index contributed by atoms with van der Waals surface area (Å²) in [7, 11) is 1.37. The van der Waals surface area contributed by atoms with Crippen molar-refractivity contribution in [1.29, 1.82) is 0 Å². The number of carbonyl (C=O) groups excluding carboxylic acids is 1. The lowest BCUT2D eigenvalue weighted by molar-refractivity contribution is 0.0599. The van der Waals surface area contributed by atoms with Crippen molar-refractivity contribution in [2.75, 3.05) is 7.11 Å². The molecule has 1 aromatic heterocycles. The zero-order valence-corrected chi connectivity index (χ0v) is 8.83. The number of benzene rings is 1. The highest BCUT2D eigenvalue weighted by molar-refractivity contribution is 5.90. The highest BCUT2D eigenvalue weighted by atomic mass is 16.5. The summed E-state index contributed by atoms with van der Waals surface area (Å²) in [6, 6.07) is 7.28. The topological polar surface area (TPSA) is 57.0 Å². The molecule has 0 fully saturated rings. The Morgan fingerprint density at radius 1 is 1.44 bits per heavy atom. The second-order valence-corrected chi connectivity index (χ2v) is 3.25. The predicted molar refractivity (Wildman–Crippen MR) is 56.9 cm³/mol. The third-order valence-electron chi connectivity index (χ3n) is 2.23. The molecule has 0 aliphatic rings. The molecule has 2 rings (SSSR count). The number of hydrogen-bond acceptors (Lipinski definition) is 4. The van der Waals surface area contributed by atoms with E-state index in [-0.39, 0.29) is 5.97 Å². The summed E-state index contributed by atoms with van der Waals surface area (Å²) in [6.07, 6.45) is 3.34. The summed E-state index contributed by atoms with van der Waals surface area (Å²) >= 11 is 0. The maximum atomic E-state index is 11.5. The van der Waals surface area contributed by atoms with Gasteiger partial charge in [-0.05, 0) is 11.6 Å². The van der Waals surface area contributed by atoms with Crippen LogP contribution in [0.4, 0.5) is 0 Å². The molecule has 0 unspecified atom stereocenters. The summed E-state index contributed by atoms with van der Waals surface area (Å²) in [5.74, 6) is -0.337. The molecule has 0 bridgehead atoms. The molecular weight excluding hydrogens is 206 g/mol. The molecule has 0 radical (unpaired) electrons. The van der Waals surface area contributed by atoms with Crippen LogP contribution in [-0.2, 0) is 11.3 Å². The third-order valence-corrected chi connectivity index (χ3v) is 2.23. The van der Waals surface area contributed by atoms with Gasteiger partial charge in [0, 0.05) is 6.20 Å². The van der Waals surface area contributed by atoms with Crippen LogP contribution in [0.3, 0.4) is 0 Å². The van der Waals surface area contributed by atoms with Gasteiger partial charge < -0.3 is 4.74 Å². The molecule has 16 heavy (non-hydrogen) atoms. The van der Waals surface area contributed by atoms with Crippen LogP contribution in [-0.4, -0.2) is 28.1 Å². The number of esters is 1. The summed E-state index contributed by atoms with van der Waals surface area (Å²) in [4.78, 5) is 11.5. The molecule has 5 heteroatoms. The molecule has 0 aliphatic carbocycles. The molecule has 0 aliphatic heterocycles. The summed E-state index contributed by atoms with van der Waals surface area (Å²) in [6.45, 7) is 0.505. The van der Waals surface area contributed by atoms with E-state index in [0.717, 1.165) is 5.56 Å². The van der Waals surface area contributed by atoms with E-state index in [1.165, 1.54) is 7.11 Å². The lowest BCUT2D eigenvalue weighted by Gasteiger charge is -2.06. The first-order chi connectivity index (χ1) is 7.81. The van der Waals surface area contributed by atoms with E-state index in [4.69, 9.17) is 4.74 Å². The Hall–Kier alpha value is -2.17. The van der Waals surface area contributed by atoms with Crippen LogP contribution >= 0.6 is 0 Å². The van der Waals surface area contributed by atoms with Crippen LogP contribution in [0.5, 0.6) is 0 Å². The molecular formula is C11H11N3O2. The minimum Gasteiger partial charge on any atom is -0.465 e. The number of hydrogen-bond donors (Lipinski definition) is 0. The van der Waals surface area contributed by atoms with Gasteiger partial charge in [0.25, 0.3) is 0 Å². The first-order valence-corrected chi connectivity index (χ1v) is 4.81. The Labute approximate surface area is 92.7 Å².